The highest BCUT2D eigenvalue weighted by molar-refractivity contribution is 5.94. The van der Waals surface area contributed by atoms with Crippen molar-refractivity contribution in [3.63, 3.8) is 0 Å². The standard InChI is InChI=1S/C13H8/c1-4-10-6-2-8-12-9-3-7-11(5-1)13(10)12/h1-4,8-9H,5H2. The van der Waals surface area contributed by atoms with Gasteiger partial charge >= 0.3 is 0 Å². The molecule has 0 saturated carbocycles. The third kappa shape index (κ3) is 0.919. The highest BCUT2D eigenvalue weighted by Crippen LogP contribution is 2.27. The number of hydrogen-bond donors (Lipinski definition) is 0. The van der Waals surface area contributed by atoms with E-state index < -0.39 is 0 Å². The van der Waals surface area contributed by atoms with Crippen LogP contribution in [0.5, 0.6) is 0 Å². The maximum atomic E-state index is 3.28. The number of hydrogen-bond acceptors (Lipinski definition) is 0. The largest absolute Gasteiger partial charge is 0.0795 e. The molecule has 0 atom stereocenters. The lowest BCUT2D eigenvalue weighted by Gasteiger charge is -2.10. The zero-order valence-corrected chi connectivity index (χ0v) is 7.17. The number of allylic oxidation sites excluding steroid dienone is 1. The van der Waals surface area contributed by atoms with Crippen LogP contribution in [-0.4, -0.2) is 0 Å². The molecule has 13 heavy (non-hydrogen) atoms. The van der Waals surface area contributed by atoms with Crippen molar-refractivity contribution >= 4 is 16.8 Å². The van der Waals surface area contributed by atoms with Crippen molar-refractivity contribution < 1.29 is 0 Å². The van der Waals surface area contributed by atoms with Crippen molar-refractivity contribution in [1.82, 2.24) is 0 Å². The predicted octanol–water partition coefficient (Wildman–Crippen LogP) is 3.01. The predicted molar refractivity (Wildman–Crippen MR) is 54.4 cm³/mol. The number of benzene rings is 2. The van der Waals surface area contributed by atoms with Crippen LogP contribution in [0.25, 0.3) is 16.8 Å². The summed E-state index contributed by atoms with van der Waals surface area (Å²) in [5, 5.41) is 2.62. The molecule has 0 heterocycles. The smallest absolute Gasteiger partial charge is 0.00638 e. The average Bonchev–Trinajstić information content (AvgIpc) is 2.19. The van der Waals surface area contributed by atoms with Gasteiger partial charge in [0.2, 0.25) is 0 Å². The molecule has 0 fully saturated rings. The lowest BCUT2D eigenvalue weighted by atomic mass is 9.93. The molecule has 0 amide bonds. The molecule has 0 N–H and O–H groups in total. The van der Waals surface area contributed by atoms with Gasteiger partial charge in [-0.1, -0.05) is 36.4 Å². The van der Waals surface area contributed by atoms with Crippen molar-refractivity contribution in [2.75, 3.05) is 0 Å². The van der Waals surface area contributed by atoms with Gasteiger partial charge < -0.3 is 0 Å². The molecular formula is C13H8. The van der Waals surface area contributed by atoms with E-state index >= 15 is 0 Å². The first-order valence-corrected chi connectivity index (χ1v) is 4.46. The van der Waals surface area contributed by atoms with Crippen LogP contribution in [0.4, 0.5) is 0 Å². The Labute approximate surface area is 77.5 Å². The fraction of sp³-hybridized carbons (Fsp3) is 0.0769. The molecule has 0 unspecified atom stereocenters. The summed E-state index contributed by atoms with van der Waals surface area (Å²) in [7, 11) is 0. The van der Waals surface area contributed by atoms with Gasteiger partial charge in [0.1, 0.15) is 0 Å². The molecule has 2 radical (unpaired) electrons. The first kappa shape index (κ1) is 6.90. The van der Waals surface area contributed by atoms with E-state index in [1.807, 2.05) is 12.1 Å². The van der Waals surface area contributed by atoms with Gasteiger partial charge in [-0.3, -0.25) is 0 Å². The Hall–Kier alpha value is -1.56. The molecule has 2 aromatic rings. The molecule has 0 nitrogen and oxygen atoms in total. The van der Waals surface area contributed by atoms with Crippen molar-refractivity contribution in [2.45, 2.75) is 6.42 Å². The lowest BCUT2D eigenvalue weighted by molar-refractivity contribution is 1.29. The molecule has 1 aliphatic rings. The van der Waals surface area contributed by atoms with E-state index in [1.165, 1.54) is 21.9 Å². The molecule has 0 spiro atoms. The minimum Gasteiger partial charge on any atom is -0.0795 e. The average molecular weight is 164 g/mol. The second-order valence-corrected chi connectivity index (χ2v) is 3.28. The molecular weight excluding hydrogens is 156 g/mol. The second kappa shape index (κ2) is 2.46. The first-order valence-electron chi connectivity index (χ1n) is 4.46. The molecule has 0 aromatic heterocycles. The molecule has 0 aliphatic heterocycles. The fourth-order valence-corrected chi connectivity index (χ4v) is 1.90. The van der Waals surface area contributed by atoms with Crippen molar-refractivity contribution in [2.24, 2.45) is 0 Å². The van der Waals surface area contributed by atoms with Crippen LogP contribution in [0.3, 0.4) is 0 Å². The van der Waals surface area contributed by atoms with Crippen LogP contribution in [0, 0.1) is 12.1 Å². The van der Waals surface area contributed by atoms with E-state index in [9.17, 15) is 0 Å². The first-order chi connectivity index (χ1) is 6.45. The topological polar surface area (TPSA) is 0 Å². The molecule has 3 rings (SSSR count). The summed E-state index contributed by atoms with van der Waals surface area (Å²) < 4.78 is 0. The van der Waals surface area contributed by atoms with E-state index in [2.05, 4.69) is 36.4 Å². The summed E-state index contributed by atoms with van der Waals surface area (Å²) in [6, 6.07) is 14.7. The van der Waals surface area contributed by atoms with Crippen molar-refractivity contribution in [3.05, 3.63) is 53.6 Å². The molecule has 0 saturated heterocycles. The van der Waals surface area contributed by atoms with Gasteiger partial charge in [-0.05, 0) is 40.5 Å². The number of rotatable bonds is 0. The third-order valence-electron chi connectivity index (χ3n) is 2.49. The maximum absolute atomic E-state index is 3.28. The zero-order valence-electron chi connectivity index (χ0n) is 7.17. The molecule has 0 bridgehead atoms. The van der Waals surface area contributed by atoms with E-state index in [0.29, 0.717) is 0 Å². The van der Waals surface area contributed by atoms with Gasteiger partial charge in [0.05, 0.1) is 0 Å². The Morgan fingerprint density at radius 3 is 2.85 bits per heavy atom. The van der Waals surface area contributed by atoms with Crippen LogP contribution in [0.2, 0.25) is 0 Å². The Morgan fingerprint density at radius 1 is 1.08 bits per heavy atom. The van der Waals surface area contributed by atoms with Gasteiger partial charge in [-0.15, -0.1) is 0 Å². The Bertz CT molecular complexity index is 487. The summed E-state index contributed by atoms with van der Waals surface area (Å²) in [5.41, 5.74) is 2.50. The van der Waals surface area contributed by atoms with E-state index in [-0.39, 0.29) is 0 Å². The molecule has 60 valence electrons. The summed E-state index contributed by atoms with van der Waals surface area (Å²) >= 11 is 0. The van der Waals surface area contributed by atoms with Gasteiger partial charge in [0.15, 0.2) is 0 Å². The monoisotopic (exact) mass is 164 g/mol. The van der Waals surface area contributed by atoms with E-state index in [0.717, 1.165) is 6.42 Å². The zero-order chi connectivity index (χ0) is 8.67. The van der Waals surface area contributed by atoms with Gasteiger partial charge in [-0.25, -0.2) is 0 Å². The summed E-state index contributed by atoms with van der Waals surface area (Å²) in [6.45, 7) is 0. The Kier molecular flexibility index (Phi) is 1.31. The van der Waals surface area contributed by atoms with Crippen LogP contribution >= 0.6 is 0 Å². The van der Waals surface area contributed by atoms with Crippen molar-refractivity contribution in [1.29, 1.82) is 0 Å². The summed E-state index contributed by atoms with van der Waals surface area (Å²) in [6.07, 6.45) is 5.31. The van der Waals surface area contributed by atoms with Gasteiger partial charge in [-0.2, -0.15) is 0 Å². The highest BCUT2D eigenvalue weighted by atomic mass is 14.1. The van der Waals surface area contributed by atoms with Crippen LogP contribution in [-0.2, 0) is 6.42 Å². The Morgan fingerprint density at radius 2 is 1.92 bits per heavy atom. The van der Waals surface area contributed by atoms with Crippen LogP contribution < -0.4 is 0 Å². The molecule has 2 aromatic carbocycles. The quantitative estimate of drug-likeness (QED) is 0.561. The third-order valence-corrected chi connectivity index (χ3v) is 2.49. The van der Waals surface area contributed by atoms with Crippen LogP contribution in [0.15, 0.2) is 30.3 Å². The highest BCUT2D eigenvalue weighted by Gasteiger charge is 2.06. The van der Waals surface area contributed by atoms with E-state index in [4.69, 9.17) is 0 Å². The Balaban J connectivity index is 2.56. The second-order valence-electron chi connectivity index (χ2n) is 3.28. The van der Waals surface area contributed by atoms with Crippen LogP contribution in [0.1, 0.15) is 11.1 Å². The molecule has 0 heteroatoms. The minimum atomic E-state index is 1.00. The fourth-order valence-electron chi connectivity index (χ4n) is 1.90. The summed E-state index contributed by atoms with van der Waals surface area (Å²) in [5.74, 6) is 0. The SMILES string of the molecule is [c]1ccc2cc[c]c3c2c1C=CC3. The van der Waals surface area contributed by atoms with Crippen molar-refractivity contribution in [3.8, 4) is 0 Å². The van der Waals surface area contributed by atoms with Gasteiger partial charge in [0, 0.05) is 0 Å². The normalized spacial score (nSPS) is 13.5. The molecule has 1 aliphatic carbocycles. The van der Waals surface area contributed by atoms with Gasteiger partial charge in [0.25, 0.3) is 0 Å². The van der Waals surface area contributed by atoms with E-state index in [1.54, 1.807) is 0 Å². The minimum absolute atomic E-state index is 1.00. The lowest BCUT2D eigenvalue weighted by Crippen LogP contribution is -1.92. The maximum Gasteiger partial charge on any atom is -0.00638 e. The summed E-state index contributed by atoms with van der Waals surface area (Å²) in [4.78, 5) is 0.